The second-order valence-electron chi connectivity index (χ2n) is 5.85. The molecule has 1 rings (SSSR count). The van der Waals surface area contributed by atoms with E-state index < -0.39 is 5.60 Å². The molecule has 0 radical (unpaired) electrons. The number of thioether (sulfide) groups is 1. The van der Waals surface area contributed by atoms with E-state index >= 15 is 0 Å². The second kappa shape index (κ2) is 11.1. The Morgan fingerprint density at radius 1 is 1.36 bits per heavy atom. The summed E-state index contributed by atoms with van der Waals surface area (Å²) in [6, 6.07) is 0. The normalized spacial score (nSPS) is 19.7. The van der Waals surface area contributed by atoms with E-state index in [0.717, 1.165) is 57.5 Å². The summed E-state index contributed by atoms with van der Waals surface area (Å²) < 4.78 is 5.34. The van der Waals surface area contributed by atoms with Gasteiger partial charge in [0.2, 0.25) is 0 Å². The van der Waals surface area contributed by atoms with E-state index in [9.17, 15) is 5.11 Å². The molecule has 1 saturated heterocycles. The van der Waals surface area contributed by atoms with Gasteiger partial charge in [-0.05, 0) is 32.3 Å². The van der Waals surface area contributed by atoms with E-state index in [0.29, 0.717) is 13.1 Å². The summed E-state index contributed by atoms with van der Waals surface area (Å²) in [5, 5.41) is 17.1. The number of rotatable bonds is 9. The topological polar surface area (TPSA) is 69.1 Å². The van der Waals surface area contributed by atoms with Crippen LogP contribution in [0.25, 0.3) is 0 Å². The van der Waals surface area contributed by atoms with Gasteiger partial charge < -0.3 is 20.5 Å². The van der Waals surface area contributed by atoms with Crippen molar-refractivity contribution in [3.63, 3.8) is 0 Å². The summed E-state index contributed by atoms with van der Waals surface area (Å²) >= 11 is 1.85. The Bertz CT molecular complexity index is 321. The fourth-order valence-electron chi connectivity index (χ4n) is 2.31. The van der Waals surface area contributed by atoms with Crippen LogP contribution in [-0.2, 0) is 4.74 Å². The number of aliphatic hydroxyl groups is 1. The molecule has 0 aliphatic carbocycles. The van der Waals surface area contributed by atoms with E-state index in [4.69, 9.17) is 4.74 Å². The van der Waals surface area contributed by atoms with Crippen molar-refractivity contribution in [2.24, 2.45) is 4.99 Å². The van der Waals surface area contributed by atoms with Gasteiger partial charge in [0.25, 0.3) is 0 Å². The molecule has 0 spiro atoms. The van der Waals surface area contributed by atoms with E-state index in [1.54, 1.807) is 0 Å². The van der Waals surface area contributed by atoms with Crippen molar-refractivity contribution in [2.75, 3.05) is 64.5 Å². The number of hydrogen-bond donors (Lipinski definition) is 3. The minimum Gasteiger partial charge on any atom is -0.387 e. The van der Waals surface area contributed by atoms with Gasteiger partial charge in [-0.1, -0.05) is 0 Å². The molecule has 0 saturated carbocycles. The number of nitrogens with zero attached hydrogens (tertiary/aromatic N) is 2. The number of nitrogens with one attached hydrogen (secondary N) is 2. The van der Waals surface area contributed by atoms with Gasteiger partial charge in [-0.3, -0.25) is 9.89 Å². The first kappa shape index (κ1) is 19.5. The Morgan fingerprint density at radius 3 is 2.73 bits per heavy atom. The average molecular weight is 333 g/mol. The zero-order valence-electron chi connectivity index (χ0n) is 14.2. The van der Waals surface area contributed by atoms with E-state index in [1.165, 1.54) is 0 Å². The van der Waals surface area contributed by atoms with Crippen LogP contribution in [0.2, 0.25) is 0 Å². The summed E-state index contributed by atoms with van der Waals surface area (Å²) in [5.74, 6) is 1.92. The molecular formula is C15H32N4O2S. The smallest absolute Gasteiger partial charge is 0.191 e. The molecule has 130 valence electrons. The molecule has 0 aromatic heterocycles. The fraction of sp³-hybridized carbons (Fsp3) is 0.933. The summed E-state index contributed by atoms with van der Waals surface area (Å²) in [5.41, 5.74) is -0.820. The number of β-amino-alcohol motifs (C(OH)–C–C–N with tert-alkyl or cyclic N) is 1. The SMILES string of the molecule is CCNC(=NCC(C)(O)CN1CCOCC1)NCCCSC. The lowest BCUT2D eigenvalue weighted by atomic mass is 10.1. The first-order valence-corrected chi connectivity index (χ1v) is 9.50. The second-order valence-corrected chi connectivity index (χ2v) is 6.84. The third-order valence-corrected chi connectivity index (χ3v) is 4.10. The molecule has 1 fully saturated rings. The molecule has 1 atom stereocenters. The van der Waals surface area contributed by atoms with Crippen molar-refractivity contribution in [2.45, 2.75) is 25.9 Å². The lowest BCUT2D eigenvalue weighted by molar-refractivity contribution is -0.0179. The summed E-state index contributed by atoms with van der Waals surface area (Å²) in [4.78, 5) is 6.76. The Kier molecular flexibility index (Phi) is 9.86. The Labute approximate surface area is 139 Å². The molecule has 0 bridgehead atoms. The molecule has 22 heavy (non-hydrogen) atoms. The maximum absolute atomic E-state index is 10.5. The van der Waals surface area contributed by atoms with Crippen LogP contribution in [0.15, 0.2) is 4.99 Å². The number of aliphatic imine (C=N–C) groups is 1. The van der Waals surface area contributed by atoms with Crippen LogP contribution in [-0.4, -0.2) is 86.1 Å². The Balaban J connectivity index is 2.40. The van der Waals surface area contributed by atoms with Crippen LogP contribution >= 0.6 is 11.8 Å². The fourth-order valence-corrected chi connectivity index (χ4v) is 2.74. The first-order valence-electron chi connectivity index (χ1n) is 8.11. The van der Waals surface area contributed by atoms with Gasteiger partial charge in [0.1, 0.15) is 0 Å². The maximum Gasteiger partial charge on any atom is 0.191 e. The number of morpholine rings is 1. The maximum atomic E-state index is 10.5. The molecule has 0 aromatic rings. The molecule has 0 aromatic carbocycles. The summed E-state index contributed by atoms with van der Waals surface area (Å²) in [6.07, 6.45) is 3.22. The van der Waals surface area contributed by atoms with Gasteiger partial charge >= 0.3 is 0 Å². The minimum absolute atomic E-state index is 0.391. The van der Waals surface area contributed by atoms with Gasteiger partial charge in [0, 0.05) is 32.7 Å². The molecule has 1 aliphatic heterocycles. The van der Waals surface area contributed by atoms with Crippen LogP contribution in [0, 0.1) is 0 Å². The molecule has 0 amide bonds. The zero-order valence-corrected chi connectivity index (χ0v) is 15.0. The van der Waals surface area contributed by atoms with Crippen LogP contribution < -0.4 is 10.6 Å². The number of hydrogen-bond acceptors (Lipinski definition) is 5. The van der Waals surface area contributed by atoms with Gasteiger partial charge in [0.15, 0.2) is 5.96 Å². The number of guanidine groups is 1. The van der Waals surface area contributed by atoms with Crippen molar-refractivity contribution in [3.05, 3.63) is 0 Å². The van der Waals surface area contributed by atoms with Gasteiger partial charge in [0.05, 0.1) is 25.4 Å². The van der Waals surface area contributed by atoms with Gasteiger partial charge in [-0.2, -0.15) is 11.8 Å². The van der Waals surface area contributed by atoms with Crippen molar-refractivity contribution in [1.82, 2.24) is 15.5 Å². The molecule has 1 heterocycles. The van der Waals surface area contributed by atoms with Crippen LogP contribution in [0.4, 0.5) is 0 Å². The highest BCUT2D eigenvalue weighted by molar-refractivity contribution is 7.98. The molecule has 3 N–H and O–H groups in total. The zero-order chi connectivity index (χ0) is 16.3. The largest absolute Gasteiger partial charge is 0.387 e. The lowest BCUT2D eigenvalue weighted by Gasteiger charge is -2.33. The Hall–Kier alpha value is -0.500. The van der Waals surface area contributed by atoms with E-state index in [-0.39, 0.29) is 0 Å². The predicted octanol–water partition coefficient (Wildman–Crippen LogP) is 0.378. The highest BCUT2D eigenvalue weighted by Crippen LogP contribution is 2.09. The predicted molar refractivity (Wildman–Crippen MR) is 94.9 cm³/mol. The lowest BCUT2D eigenvalue weighted by Crippen LogP contribution is -2.48. The van der Waals surface area contributed by atoms with E-state index in [1.807, 2.05) is 25.6 Å². The summed E-state index contributed by atoms with van der Waals surface area (Å²) in [7, 11) is 0. The average Bonchev–Trinajstić information content (AvgIpc) is 2.49. The first-order chi connectivity index (χ1) is 10.6. The quantitative estimate of drug-likeness (QED) is 0.322. The molecule has 7 heteroatoms. The van der Waals surface area contributed by atoms with Crippen molar-refractivity contribution in [1.29, 1.82) is 0 Å². The van der Waals surface area contributed by atoms with Crippen LogP contribution in [0.1, 0.15) is 20.3 Å². The molecule has 1 unspecified atom stereocenters. The highest BCUT2D eigenvalue weighted by Gasteiger charge is 2.25. The van der Waals surface area contributed by atoms with Crippen LogP contribution in [0.3, 0.4) is 0 Å². The van der Waals surface area contributed by atoms with Crippen molar-refractivity contribution >= 4 is 17.7 Å². The van der Waals surface area contributed by atoms with Gasteiger partial charge in [-0.25, -0.2) is 0 Å². The van der Waals surface area contributed by atoms with Crippen LogP contribution in [0.5, 0.6) is 0 Å². The monoisotopic (exact) mass is 332 g/mol. The van der Waals surface area contributed by atoms with Gasteiger partial charge in [-0.15, -0.1) is 0 Å². The molecule has 1 aliphatic rings. The molecular weight excluding hydrogens is 300 g/mol. The Morgan fingerprint density at radius 2 is 2.09 bits per heavy atom. The number of ether oxygens (including phenoxy) is 1. The highest BCUT2D eigenvalue weighted by atomic mass is 32.2. The minimum atomic E-state index is -0.820. The summed E-state index contributed by atoms with van der Waals surface area (Å²) in [6.45, 7) is 9.90. The standard InChI is InChI=1S/C15H32N4O2S/c1-4-16-14(17-6-5-11-22-3)18-12-15(2,20)13-19-7-9-21-10-8-19/h20H,4-13H2,1-3H3,(H2,16,17,18). The van der Waals surface area contributed by atoms with E-state index in [2.05, 4.69) is 26.8 Å². The van der Waals surface area contributed by atoms with Crippen molar-refractivity contribution in [3.8, 4) is 0 Å². The third-order valence-electron chi connectivity index (χ3n) is 3.41. The van der Waals surface area contributed by atoms with Crippen molar-refractivity contribution < 1.29 is 9.84 Å². The molecule has 6 nitrogen and oxygen atoms in total. The third kappa shape index (κ3) is 8.82.